The molecule has 0 aromatic heterocycles. The summed E-state index contributed by atoms with van der Waals surface area (Å²) in [6.07, 6.45) is -1.85. The summed E-state index contributed by atoms with van der Waals surface area (Å²) in [5.74, 6) is -1.83. The SMILES string of the molecule is COC(=O)C(OC)OC.COC(OC)C(=O)NCc1ccc(F)c(Cl)c1.NCc1ccc(F)c(Cl)c1. The molecule has 2 aromatic rings. The van der Waals surface area contributed by atoms with Crippen molar-refractivity contribution in [3.05, 3.63) is 69.2 Å². The monoisotopic (exact) mass is 554 g/mol. The Bertz CT molecular complexity index is 947. The Labute approximate surface area is 218 Å². The fourth-order valence-electron chi connectivity index (χ4n) is 2.28. The minimum atomic E-state index is -0.953. The third-order valence-electron chi connectivity index (χ3n) is 4.13. The van der Waals surface area contributed by atoms with Crippen LogP contribution in [0.25, 0.3) is 0 Å². The number of methoxy groups -OCH3 is 5. The zero-order chi connectivity index (χ0) is 27.7. The van der Waals surface area contributed by atoms with Crippen LogP contribution in [0.3, 0.4) is 0 Å². The molecule has 36 heavy (non-hydrogen) atoms. The Morgan fingerprint density at radius 2 is 1.28 bits per heavy atom. The maximum atomic E-state index is 12.9. The number of rotatable bonds is 9. The lowest BCUT2D eigenvalue weighted by Crippen LogP contribution is -2.36. The van der Waals surface area contributed by atoms with Crippen molar-refractivity contribution in [3.63, 3.8) is 0 Å². The lowest BCUT2D eigenvalue weighted by molar-refractivity contribution is -0.180. The Morgan fingerprint density at radius 3 is 1.64 bits per heavy atom. The van der Waals surface area contributed by atoms with Gasteiger partial charge in [0.2, 0.25) is 6.29 Å². The van der Waals surface area contributed by atoms with Crippen molar-refractivity contribution in [3.8, 4) is 0 Å². The molecule has 0 heterocycles. The zero-order valence-corrected chi connectivity index (χ0v) is 22.0. The molecule has 2 rings (SSSR count). The van der Waals surface area contributed by atoms with Crippen LogP contribution in [0.4, 0.5) is 8.78 Å². The molecule has 0 aliphatic rings. The largest absolute Gasteiger partial charge is 0.465 e. The van der Waals surface area contributed by atoms with Crippen molar-refractivity contribution >= 4 is 35.1 Å². The first kappa shape index (κ1) is 33.6. The van der Waals surface area contributed by atoms with Gasteiger partial charge < -0.3 is 34.7 Å². The average molecular weight is 555 g/mol. The Kier molecular flexibility index (Phi) is 17.6. The second-order valence-electron chi connectivity index (χ2n) is 6.55. The van der Waals surface area contributed by atoms with Crippen molar-refractivity contribution in [2.45, 2.75) is 25.7 Å². The maximum absolute atomic E-state index is 12.9. The molecule has 2 aromatic carbocycles. The molecule has 3 N–H and O–H groups in total. The van der Waals surface area contributed by atoms with Crippen LogP contribution in [0.2, 0.25) is 10.0 Å². The number of halogens is 4. The molecule has 13 heteroatoms. The quantitative estimate of drug-likeness (QED) is 0.357. The van der Waals surface area contributed by atoms with Crippen molar-refractivity contribution in [2.75, 3.05) is 35.5 Å². The minimum absolute atomic E-state index is 0.0202. The number of nitrogens with two attached hydrogens (primary N) is 1. The Morgan fingerprint density at radius 1 is 0.833 bits per heavy atom. The van der Waals surface area contributed by atoms with Crippen LogP contribution in [-0.2, 0) is 46.4 Å². The molecule has 0 aliphatic carbocycles. The summed E-state index contributed by atoms with van der Waals surface area (Å²) in [6.45, 7) is 0.613. The summed E-state index contributed by atoms with van der Waals surface area (Å²) < 4.78 is 48.3. The highest BCUT2D eigenvalue weighted by Crippen LogP contribution is 2.16. The van der Waals surface area contributed by atoms with Gasteiger partial charge in [-0.25, -0.2) is 13.6 Å². The molecule has 0 saturated heterocycles. The van der Waals surface area contributed by atoms with Gasteiger partial charge in [0.05, 0.1) is 17.2 Å². The van der Waals surface area contributed by atoms with Crippen LogP contribution < -0.4 is 11.1 Å². The van der Waals surface area contributed by atoms with E-state index in [9.17, 15) is 18.4 Å². The summed E-state index contributed by atoms with van der Waals surface area (Å²) in [5.41, 5.74) is 6.82. The number of hydrogen-bond donors (Lipinski definition) is 2. The minimum Gasteiger partial charge on any atom is -0.465 e. The fourth-order valence-corrected chi connectivity index (χ4v) is 2.69. The van der Waals surface area contributed by atoms with Crippen LogP contribution >= 0.6 is 23.2 Å². The van der Waals surface area contributed by atoms with Crippen LogP contribution in [-0.4, -0.2) is 60.0 Å². The molecule has 0 atom stereocenters. The molecular formula is C23H30Cl2F2N2O7. The normalized spacial score (nSPS) is 10.2. The molecule has 0 spiro atoms. The van der Waals surface area contributed by atoms with Gasteiger partial charge in [0, 0.05) is 41.5 Å². The van der Waals surface area contributed by atoms with Crippen molar-refractivity contribution in [2.24, 2.45) is 5.73 Å². The lowest BCUT2D eigenvalue weighted by atomic mass is 10.2. The van der Waals surface area contributed by atoms with Gasteiger partial charge in [-0.05, 0) is 35.4 Å². The molecule has 9 nitrogen and oxygen atoms in total. The van der Waals surface area contributed by atoms with Gasteiger partial charge in [-0.3, -0.25) is 4.79 Å². The number of carbonyl (C=O) groups is 2. The van der Waals surface area contributed by atoms with E-state index in [1.807, 2.05) is 0 Å². The summed E-state index contributed by atoms with van der Waals surface area (Å²) in [7, 11) is 6.73. The van der Waals surface area contributed by atoms with Gasteiger partial charge in [0.1, 0.15) is 11.6 Å². The summed E-state index contributed by atoms with van der Waals surface area (Å²) >= 11 is 11.1. The van der Waals surface area contributed by atoms with E-state index in [4.69, 9.17) is 38.4 Å². The van der Waals surface area contributed by atoms with E-state index in [1.165, 1.54) is 65.9 Å². The molecular weight excluding hydrogens is 525 g/mol. The van der Waals surface area contributed by atoms with Gasteiger partial charge in [-0.15, -0.1) is 0 Å². The smallest absolute Gasteiger partial charge is 0.363 e. The van der Waals surface area contributed by atoms with Gasteiger partial charge in [0.25, 0.3) is 12.2 Å². The number of amides is 1. The first-order chi connectivity index (χ1) is 17.1. The molecule has 0 bridgehead atoms. The Hall–Kier alpha value is -2.38. The van der Waals surface area contributed by atoms with Gasteiger partial charge in [0.15, 0.2) is 0 Å². The lowest BCUT2D eigenvalue weighted by Gasteiger charge is -2.13. The van der Waals surface area contributed by atoms with Gasteiger partial charge >= 0.3 is 5.97 Å². The molecule has 1 amide bonds. The first-order valence-corrected chi connectivity index (χ1v) is 10.9. The molecule has 0 saturated carbocycles. The number of nitrogens with one attached hydrogen (secondary N) is 1. The summed E-state index contributed by atoms with van der Waals surface area (Å²) in [4.78, 5) is 22.0. The average Bonchev–Trinajstić information content (AvgIpc) is 2.88. The van der Waals surface area contributed by atoms with E-state index >= 15 is 0 Å². The van der Waals surface area contributed by atoms with Crippen LogP contribution in [0.1, 0.15) is 11.1 Å². The van der Waals surface area contributed by atoms with E-state index in [2.05, 4.69) is 19.5 Å². The molecule has 0 unspecified atom stereocenters. The highest BCUT2D eigenvalue weighted by atomic mass is 35.5. The van der Waals surface area contributed by atoms with E-state index in [1.54, 1.807) is 6.07 Å². The third-order valence-corrected chi connectivity index (χ3v) is 4.71. The van der Waals surface area contributed by atoms with E-state index in [0.29, 0.717) is 12.1 Å². The van der Waals surface area contributed by atoms with E-state index in [0.717, 1.165) is 5.56 Å². The topological polar surface area (TPSA) is 118 Å². The van der Waals surface area contributed by atoms with E-state index < -0.39 is 36.1 Å². The van der Waals surface area contributed by atoms with Crippen molar-refractivity contribution in [1.82, 2.24) is 5.32 Å². The fraction of sp³-hybridized carbons (Fsp3) is 0.391. The maximum Gasteiger partial charge on any atom is 0.363 e. The third kappa shape index (κ3) is 12.5. The zero-order valence-electron chi connectivity index (χ0n) is 20.5. The number of ether oxygens (including phenoxy) is 5. The first-order valence-electron chi connectivity index (χ1n) is 10.1. The standard InChI is InChI=1S/C11H13ClFNO3.C7H7ClFN.C5H10O4/c1-16-11(17-2)10(15)14-6-7-3-4-9(13)8(12)5-7;8-6-3-5(4-10)1-2-7(6)9;1-7-4(6)5(8-2)9-3/h3-5,11H,6H2,1-2H3,(H,14,15);1-3H,4,10H2;5H,1-3H3. The Balaban J connectivity index is 0.000000551. The number of carbonyl (C=O) groups excluding carboxylic acids is 2. The molecule has 0 radical (unpaired) electrons. The summed E-state index contributed by atoms with van der Waals surface area (Å²) in [5, 5.41) is 2.73. The van der Waals surface area contributed by atoms with Crippen LogP contribution in [0.15, 0.2) is 36.4 Å². The second kappa shape index (κ2) is 18.8. The number of esters is 1. The van der Waals surface area contributed by atoms with Crippen LogP contribution in [0, 0.1) is 11.6 Å². The predicted octanol–water partition coefficient (Wildman–Crippen LogP) is 3.43. The summed E-state index contributed by atoms with van der Waals surface area (Å²) in [6, 6.07) is 8.68. The second-order valence-corrected chi connectivity index (χ2v) is 7.36. The molecule has 0 fully saturated rings. The number of benzene rings is 2. The van der Waals surface area contributed by atoms with Crippen LogP contribution in [0.5, 0.6) is 0 Å². The van der Waals surface area contributed by atoms with Gasteiger partial charge in [-0.1, -0.05) is 35.3 Å². The van der Waals surface area contributed by atoms with Crippen molar-refractivity contribution < 1.29 is 42.1 Å². The van der Waals surface area contributed by atoms with E-state index in [-0.39, 0.29) is 16.6 Å². The highest BCUT2D eigenvalue weighted by Gasteiger charge is 2.16. The van der Waals surface area contributed by atoms with Crippen molar-refractivity contribution in [1.29, 1.82) is 0 Å². The highest BCUT2D eigenvalue weighted by molar-refractivity contribution is 6.31. The molecule has 0 aliphatic heterocycles. The predicted molar refractivity (Wildman–Crippen MR) is 130 cm³/mol. The molecule has 202 valence electrons. The van der Waals surface area contributed by atoms with Gasteiger partial charge in [-0.2, -0.15) is 0 Å². The number of hydrogen-bond acceptors (Lipinski definition) is 8.